The Balaban J connectivity index is 4.09. The van der Waals surface area contributed by atoms with E-state index < -0.39 is 0 Å². The lowest BCUT2D eigenvalue weighted by Gasteiger charge is -2.31. The molecule has 82 valence electrons. The van der Waals surface area contributed by atoms with Gasteiger partial charge in [-0.1, -0.05) is 72.0 Å². The van der Waals surface area contributed by atoms with Crippen molar-refractivity contribution in [2.45, 2.75) is 72.0 Å². The maximum Gasteiger partial charge on any atom is 0.0742 e. The van der Waals surface area contributed by atoms with Crippen molar-refractivity contribution in [3.05, 3.63) is 0 Å². The standard InChI is InChI=1S/C13H27B/c1-6-9-12(7-2)11(4)10-13(5,14)8-3/h11-12H,6-10H2,1-5H3. The van der Waals surface area contributed by atoms with E-state index in [9.17, 15) is 0 Å². The molecule has 0 nitrogen and oxygen atoms in total. The Hall–Kier alpha value is 0.0649. The lowest BCUT2D eigenvalue weighted by Crippen LogP contribution is -2.18. The second-order valence-corrected chi connectivity index (χ2v) is 5.15. The Labute approximate surface area is 92.3 Å². The van der Waals surface area contributed by atoms with Crippen LogP contribution in [0.1, 0.15) is 66.7 Å². The van der Waals surface area contributed by atoms with Crippen molar-refractivity contribution in [1.29, 1.82) is 0 Å². The molecule has 14 heavy (non-hydrogen) atoms. The molecule has 0 bridgehead atoms. The molecule has 0 fully saturated rings. The molecule has 0 saturated heterocycles. The topological polar surface area (TPSA) is 0 Å². The highest BCUT2D eigenvalue weighted by Crippen LogP contribution is 2.37. The summed E-state index contributed by atoms with van der Waals surface area (Å²) < 4.78 is 0. The molecule has 0 aliphatic heterocycles. The van der Waals surface area contributed by atoms with Gasteiger partial charge in [-0.05, 0) is 11.8 Å². The largest absolute Gasteiger partial charge is 0.0742 e. The van der Waals surface area contributed by atoms with Gasteiger partial charge in [0.1, 0.15) is 0 Å². The van der Waals surface area contributed by atoms with Gasteiger partial charge in [0.25, 0.3) is 0 Å². The van der Waals surface area contributed by atoms with Crippen LogP contribution in [-0.2, 0) is 0 Å². The van der Waals surface area contributed by atoms with Crippen LogP contribution in [0.5, 0.6) is 0 Å². The number of hydrogen-bond acceptors (Lipinski definition) is 0. The van der Waals surface area contributed by atoms with Crippen molar-refractivity contribution in [2.75, 3.05) is 0 Å². The van der Waals surface area contributed by atoms with Gasteiger partial charge in [-0.25, -0.2) is 0 Å². The predicted octanol–water partition coefficient (Wildman–Crippen LogP) is 4.60. The molecule has 0 rings (SSSR count). The minimum absolute atomic E-state index is 0.0422. The van der Waals surface area contributed by atoms with Crippen LogP contribution in [0.4, 0.5) is 0 Å². The molecule has 0 spiro atoms. The first-order valence-electron chi connectivity index (χ1n) is 6.25. The molecule has 3 unspecified atom stereocenters. The zero-order chi connectivity index (χ0) is 11.2. The van der Waals surface area contributed by atoms with Crippen LogP contribution in [0, 0.1) is 11.8 Å². The van der Waals surface area contributed by atoms with E-state index >= 15 is 0 Å². The quantitative estimate of drug-likeness (QED) is 0.519. The van der Waals surface area contributed by atoms with Gasteiger partial charge < -0.3 is 0 Å². The third kappa shape index (κ3) is 5.07. The molecule has 0 aromatic carbocycles. The first kappa shape index (κ1) is 14.1. The minimum Gasteiger partial charge on any atom is -0.0688 e. The Bertz CT molecular complexity index is 140. The zero-order valence-electron chi connectivity index (χ0n) is 10.8. The molecule has 0 aliphatic rings. The maximum atomic E-state index is 6.21. The zero-order valence-corrected chi connectivity index (χ0v) is 10.8. The van der Waals surface area contributed by atoms with Crippen LogP contribution in [0.15, 0.2) is 0 Å². The predicted molar refractivity (Wildman–Crippen MR) is 66.9 cm³/mol. The minimum atomic E-state index is 0.0422. The summed E-state index contributed by atoms with van der Waals surface area (Å²) in [6.07, 6.45) is 6.21. The number of hydrogen-bond donors (Lipinski definition) is 0. The Morgan fingerprint density at radius 1 is 1.21 bits per heavy atom. The van der Waals surface area contributed by atoms with E-state index in [1.54, 1.807) is 0 Å². The molecule has 0 N–H and O–H groups in total. The first-order valence-corrected chi connectivity index (χ1v) is 6.25. The Kier molecular flexibility index (Phi) is 6.56. The van der Waals surface area contributed by atoms with E-state index in [1.807, 2.05) is 0 Å². The second kappa shape index (κ2) is 6.53. The van der Waals surface area contributed by atoms with Gasteiger partial charge in [0.05, 0.1) is 7.85 Å². The van der Waals surface area contributed by atoms with Gasteiger partial charge in [-0.3, -0.25) is 0 Å². The summed E-state index contributed by atoms with van der Waals surface area (Å²) in [7, 11) is 6.21. The van der Waals surface area contributed by atoms with Gasteiger partial charge in [0, 0.05) is 0 Å². The molecule has 2 radical (unpaired) electrons. The van der Waals surface area contributed by atoms with E-state index in [0.717, 1.165) is 18.3 Å². The summed E-state index contributed by atoms with van der Waals surface area (Å²) in [5.41, 5.74) is 0. The molecule has 0 aromatic heterocycles. The average molecular weight is 194 g/mol. The van der Waals surface area contributed by atoms with Gasteiger partial charge in [-0.2, -0.15) is 0 Å². The van der Waals surface area contributed by atoms with E-state index in [1.165, 1.54) is 25.7 Å². The van der Waals surface area contributed by atoms with Crippen LogP contribution in [0.3, 0.4) is 0 Å². The van der Waals surface area contributed by atoms with Crippen molar-refractivity contribution in [2.24, 2.45) is 11.8 Å². The highest BCUT2D eigenvalue weighted by Gasteiger charge is 2.22. The van der Waals surface area contributed by atoms with Crippen LogP contribution < -0.4 is 0 Å². The van der Waals surface area contributed by atoms with Crippen LogP contribution in [0.25, 0.3) is 0 Å². The molecule has 0 aliphatic carbocycles. The fourth-order valence-electron chi connectivity index (χ4n) is 2.31. The second-order valence-electron chi connectivity index (χ2n) is 5.15. The summed E-state index contributed by atoms with van der Waals surface area (Å²) in [5, 5.41) is 0.0422. The maximum absolute atomic E-state index is 6.21. The summed E-state index contributed by atoms with van der Waals surface area (Å²) in [4.78, 5) is 0. The SMILES string of the molecule is [B]C(C)(CC)CC(C)C(CC)CCC. The lowest BCUT2D eigenvalue weighted by molar-refractivity contribution is 0.275. The van der Waals surface area contributed by atoms with Gasteiger partial charge in [0.2, 0.25) is 0 Å². The highest BCUT2D eigenvalue weighted by atomic mass is 14.3. The van der Waals surface area contributed by atoms with Crippen LogP contribution >= 0.6 is 0 Å². The highest BCUT2D eigenvalue weighted by molar-refractivity contribution is 6.14. The molecule has 0 heterocycles. The average Bonchev–Trinajstić information content (AvgIpc) is 2.13. The monoisotopic (exact) mass is 194 g/mol. The van der Waals surface area contributed by atoms with Gasteiger partial charge in [0.15, 0.2) is 0 Å². The number of rotatable bonds is 7. The molecule has 0 saturated carbocycles. The summed E-state index contributed by atoms with van der Waals surface area (Å²) in [5.74, 6) is 1.64. The fraction of sp³-hybridized carbons (Fsp3) is 1.00. The fourth-order valence-corrected chi connectivity index (χ4v) is 2.31. The molecule has 3 atom stereocenters. The molecule has 1 heteroatoms. The molecular formula is C13H27B. The summed E-state index contributed by atoms with van der Waals surface area (Å²) in [6.45, 7) is 11.3. The van der Waals surface area contributed by atoms with Gasteiger partial charge in [-0.15, -0.1) is 0 Å². The van der Waals surface area contributed by atoms with E-state index in [-0.39, 0.29) is 5.31 Å². The van der Waals surface area contributed by atoms with E-state index in [0.29, 0.717) is 0 Å². The normalized spacial score (nSPS) is 20.1. The van der Waals surface area contributed by atoms with Crippen molar-refractivity contribution in [3.63, 3.8) is 0 Å². The van der Waals surface area contributed by atoms with E-state index in [4.69, 9.17) is 7.85 Å². The van der Waals surface area contributed by atoms with Crippen LogP contribution in [-0.4, -0.2) is 7.85 Å². The van der Waals surface area contributed by atoms with Crippen LogP contribution in [0.2, 0.25) is 5.31 Å². The Morgan fingerprint density at radius 3 is 2.14 bits per heavy atom. The molecule has 0 aromatic rings. The molecular weight excluding hydrogens is 167 g/mol. The third-order valence-electron chi connectivity index (χ3n) is 3.58. The summed E-state index contributed by atoms with van der Waals surface area (Å²) in [6, 6.07) is 0. The third-order valence-corrected chi connectivity index (χ3v) is 3.58. The van der Waals surface area contributed by atoms with E-state index in [2.05, 4.69) is 34.6 Å². The van der Waals surface area contributed by atoms with Gasteiger partial charge >= 0.3 is 0 Å². The lowest BCUT2D eigenvalue weighted by atomic mass is 9.62. The first-order chi connectivity index (χ1) is 6.46. The summed E-state index contributed by atoms with van der Waals surface area (Å²) >= 11 is 0. The smallest absolute Gasteiger partial charge is 0.0688 e. The van der Waals surface area contributed by atoms with Crippen molar-refractivity contribution >= 4 is 7.85 Å². The van der Waals surface area contributed by atoms with Crippen molar-refractivity contribution in [3.8, 4) is 0 Å². The Morgan fingerprint density at radius 2 is 1.79 bits per heavy atom. The van der Waals surface area contributed by atoms with Crippen molar-refractivity contribution < 1.29 is 0 Å². The molecule has 0 amide bonds. The van der Waals surface area contributed by atoms with Crippen molar-refractivity contribution in [1.82, 2.24) is 0 Å².